The lowest BCUT2D eigenvalue weighted by atomic mass is 10.1. The molecule has 1 aromatic carbocycles. The Hall–Kier alpha value is -3.34. The Morgan fingerprint density at radius 3 is 2.41 bits per heavy atom. The Morgan fingerprint density at radius 1 is 1.10 bits per heavy atom. The van der Waals surface area contributed by atoms with E-state index >= 15 is 0 Å². The molecule has 0 amide bonds. The molecule has 0 unspecified atom stereocenters. The van der Waals surface area contributed by atoms with Crippen LogP contribution in [0.15, 0.2) is 44.7 Å². The third-order valence-corrected chi connectivity index (χ3v) is 4.13. The van der Waals surface area contributed by atoms with Gasteiger partial charge in [0.25, 0.3) is 0 Å². The molecular formula is C18H14F3NO7. The smallest absolute Gasteiger partial charge is 0.449 e. The zero-order valence-corrected chi connectivity index (χ0v) is 15.2. The molecule has 0 saturated carbocycles. The Bertz CT molecular complexity index is 1070. The zero-order valence-electron chi connectivity index (χ0n) is 15.2. The Labute approximate surface area is 161 Å². The van der Waals surface area contributed by atoms with Crippen LogP contribution in [0.1, 0.15) is 5.76 Å². The molecule has 0 fully saturated rings. The first kappa shape index (κ1) is 20.4. The zero-order chi connectivity index (χ0) is 21.3. The molecule has 1 aliphatic rings. The summed E-state index contributed by atoms with van der Waals surface area (Å²) in [6.07, 6.45) is -4.82. The van der Waals surface area contributed by atoms with Gasteiger partial charge in [0.1, 0.15) is 18.0 Å². The highest BCUT2D eigenvalue weighted by Gasteiger charge is 2.35. The molecule has 0 bridgehead atoms. The number of methoxy groups -OCH3 is 2. The highest BCUT2D eigenvalue weighted by molar-refractivity contribution is 6.03. The predicted octanol–water partition coefficient (Wildman–Crippen LogP) is 2.21. The molecule has 0 N–H and O–H groups in total. The summed E-state index contributed by atoms with van der Waals surface area (Å²) in [5.41, 5.74) is -1.28. The van der Waals surface area contributed by atoms with E-state index in [0.29, 0.717) is 6.07 Å². The minimum Gasteiger partial charge on any atom is -0.466 e. The van der Waals surface area contributed by atoms with Gasteiger partial charge in [-0.1, -0.05) is 0 Å². The summed E-state index contributed by atoms with van der Waals surface area (Å²) in [6.45, 7) is -0.388. The molecule has 0 atom stereocenters. The van der Waals surface area contributed by atoms with Crippen LogP contribution in [0.5, 0.6) is 0 Å². The van der Waals surface area contributed by atoms with E-state index in [2.05, 4.69) is 4.74 Å². The van der Waals surface area contributed by atoms with Gasteiger partial charge in [-0.25, -0.2) is 9.59 Å². The fourth-order valence-corrected chi connectivity index (χ4v) is 2.80. The van der Waals surface area contributed by atoms with Crippen molar-refractivity contribution in [3.8, 4) is 0 Å². The third-order valence-electron chi connectivity index (χ3n) is 4.13. The van der Waals surface area contributed by atoms with Crippen LogP contribution in [-0.2, 0) is 30.0 Å². The number of carbonyl (C=O) groups is 2. The molecule has 8 nitrogen and oxygen atoms in total. The summed E-state index contributed by atoms with van der Waals surface area (Å²) in [4.78, 5) is 37.7. The highest BCUT2D eigenvalue weighted by Crippen LogP contribution is 2.32. The lowest BCUT2D eigenvalue weighted by Gasteiger charge is -2.31. The normalized spacial score (nSPS) is 14.9. The van der Waals surface area contributed by atoms with E-state index in [1.807, 2.05) is 0 Å². The number of rotatable bonds is 3. The number of benzene rings is 1. The number of halogens is 3. The van der Waals surface area contributed by atoms with E-state index in [1.165, 1.54) is 17.0 Å². The number of ether oxygens (including phenoxy) is 3. The van der Waals surface area contributed by atoms with Gasteiger partial charge in [-0.05, 0) is 18.2 Å². The Balaban J connectivity index is 2.16. The molecule has 154 valence electrons. The Morgan fingerprint density at radius 2 is 1.79 bits per heavy atom. The minimum absolute atomic E-state index is 0.106. The van der Waals surface area contributed by atoms with E-state index in [1.54, 1.807) is 0 Å². The lowest BCUT2D eigenvalue weighted by Crippen LogP contribution is -2.38. The molecule has 1 aromatic heterocycles. The first-order valence-corrected chi connectivity index (χ1v) is 8.07. The summed E-state index contributed by atoms with van der Waals surface area (Å²) in [5.74, 6) is -3.09. The van der Waals surface area contributed by atoms with Crippen molar-refractivity contribution in [2.24, 2.45) is 0 Å². The Kier molecular flexibility index (Phi) is 5.33. The second kappa shape index (κ2) is 7.59. The molecule has 0 saturated heterocycles. The maximum atomic E-state index is 12.8. The standard InChI is InChI=1S/C18H14F3NO7/c1-26-16(24)11-7-28-8-22(15(11)17(25)27-2)9-3-4-13-10(5-9)12(23)6-14(29-13)18(19,20)21/h3-6H,7-8H2,1-2H3. The molecule has 2 aromatic rings. The maximum absolute atomic E-state index is 12.8. The molecule has 1 aliphatic heterocycles. The fourth-order valence-electron chi connectivity index (χ4n) is 2.80. The molecule has 11 heteroatoms. The lowest BCUT2D eigenvalue weighted by molar-refractivity contribution is -0.153. The number of fused-ring (bicyclic) bond motifs is 1. The molecule has 29 heavy (non-hydrogen) atoms. The first-order chi connectivity index (χ1) is 13.7. The van der Waals surface area contributed by atoms with E-state index in [9.17, 15) is 27.6 Å². The summed E-state index contributed by atoms with van der Waals surface area (Å²) in [7, 11) is 2.24. The van der Waals surface area contributed by atoms with Crippen molar-refractivity contribution in [2.75, 3.05) is 32.5 Å². The van der Waals surface area contributed by atoms with Crippen molar-refractivity contribution >= 4 is 28.6 Å². The topological polar surface area (TPSA) is 95.3 Å². The first-order valence-electron chi connectivity index (χ1n) is 8.07. The number of carbonyl (C=O) groups excluding carboxylic acids is 2. The fraction of sp³-hybridized carbons (Fsp3) is 0.278. The maximum Gasteiger partial charge on any atom is 0.449 e. The number of alkyl halides is 3. The van der Waals surface area contributed by atoms with Crippen LogP contribution >= 0.6 is 0 Å². The van der Waals surface area contributed by atoms with Gasteiger partial charge in [-0.15, -0.1) is 0 Å². The van der Waals surface area contributed by atoms with Crippen molar-refractivity contribution in [1.82, 2.24) is 0 Å². The largest absolute Gasteiger partial charge is 0.466 e. The highest BCUT2D eigenvalue weighted by atomic mass is 19.4. The van der Waals surface area contributed by atoms with Crippen LogP contribution in [0.4, 0.5) is 18.9 Å². The second-order valence-corrected chi connectivity index (χ2v) is 5.87. The van der Waals surface area contributed by atoms with Gasteiger partial charge in [-0.3, -0.25) is 4.79 Å². The molecule has 3 rings (SSSR count). The molecule has 2 heterocycles. The summed E-state index contributed by atoms with van der Waals surface area (Å²) in [6, 6.07) is 4.05. The number of hydrogen-bond acceptors (Lipinski definition) is 8. The van der Waals surface area contributed by atoms with Gasteiger partial charge < -0.3 is 23.5 Å². The second-order valence-electron chi connectivity index (χ2n) is 5.87. The molecule has 0 spiro atoms. The summed E-state index contributed by atoms with van der Waals surface area (Å²) >= 11 is 0. The predicted molar refractivity (Wildman–Crippen MR) is 91.8 cm³/mol. The van der Waals surface area contributed by atoms with Crippen LogP contribution in [0.3, 0.4) is 0 Å². The average Bonchev–Trinajstić information content (AvgIpc) is 2.71. The quantitative estimate of drug-likeness (QED) is 0.707. The van der Waals surface area contributed by atoms with Gasteiger partial charge in [-0.2, -0.15) is 13.2 Å². The molecular weight excluding hydrogens is 399 g/mol. The van der Waals surface area contributed by atoms with Crippen molar-refractivity contribution in [3.63, 3.8) is 0 Å². The number of hydrogen-bond donors (Lipinski definition) is 0. The third kappa shape index (κ3) is 3.81. The van der Waals surface area contributed by atoms with Crippen LogP contribution < -0.4 is 10.3 Å². The van der Waals surface area contributed by atoms with E-state index in [0.717, 1.165) is 20.3 Å². The number of nitrogens with zero attached hydrogens (tertiary/aromatic N) is 1. The average molecular weight is 413 g/mol. The van der Waals surface area contributed by atoms with Crippen LogP contribution in [0, 0.1) is 0 Å². The van der Waals surface area contributed by atoms with Crippen LogP contribution in [0.2, 0.25) is 0 Å². The molecule has 0 radical (unpaired) electrons. The monoisotopic (exact) mass is 413 g/mol. The molecule has 0 aliphatic carbocycles. The van der Waals surface area contributed by atoms with Crippen LogP contribution in [0.25, 0.3) is 11.0 Å². The van der Waals surface area contributed by atoms with Crippen LogP contribution in [-0.4, -0.2) is 39.5 Å². The summed E-state index contributed by atoms with van der Waals surface area (Å²) in [5, 5.41) is -0.148. The SMILES string of the molecule is COC(=O)C1=C(C(=O)OC)N(c2ccc3oc(C(F)(F)F)cc(=O)c3c2)COC1. The number of anilines is 1. The van der Waals surface area contributed by atoms with Crippen molar-refractivity contribution in [3.05, 3.63) is 51.5 Å². The van der Waals surface area contributed by atoms with Gasteiger partial charge in [0.05, 0.1) is 31.8 Å². The van der Waals surface area contributed by atoms with E-state index < -0.39 is 29.3 Å². The van der Waals surface area contributed by atoms with Gasteiger partial charge in [0, 0.05) is 11.8 Å². The van der Waals surface area contributed by atoms with Crippen molar-refractivity contribution in [2.45, 2.75) is 6.18 Å². The van der Waals surface area contributed by atoms with Gasteiger partial charge >= 0.3 is 18.1 Å². The van der Waals surface area contributed by atoms with Crippen molar-refractivity contribution < 1.29 is 41.4 Å². The van der Waals surface area contributed by atoms with Crippen molar-refractivity contribution in [1.29, 1.82) is 0 Å². The summed E-state index contributed by atoms with van der Waals surface area (Å²) < 4.78 is 58.0. The minimum atomic E-state index is -4.82. The van der Waals surface area contributed by atoms with Gasteiger partial charge in [0.2, 0.25) is 5.76 Å². The van der Waals surface area contributed by atoms with E-state index in [-0.39, 0.29) is 41.3 Å². The van der Waals surface area contributed by atoms with Gasteiger partial charge in [0.15, 0.2) is 5.43 Å². The van der Waals surface area contributed by atoms with E-state index in [4.69, 9.17) is 13.9 Å². The number of esters is 2.